The predicted molar refractivity (Wildman–Crippen MR) is 102 cm³/mol. The zero-order valence-corrected chi connectivity index (χ0v) is 16.5. The number of hydrogen-bond donors (Lipinski definition) is 1. The monoisotopic (exact) mass is 372 g/mol. The second kappa shape index (κ2) is 6.24. The minimum absolute atomic E-state index is 0.229. The Hall–Kier alpha value is -2.05. The average Bonchev–Trinajstić information content (AvgIpc) is 2.68. The first-order valence-corrected chi connectivity index (χ1v) is 9.45. The fourth-order valence-corrected chi connectivity index (χ4v) is 5.83. The van der Waals surface area contributed by atoms with Crippen LogP contribution < -0.4 is 15.2 Å². The highest BCUT2D eigenvalue weighted by Crippen LogP contribution is 2.61. The van der Waals surface area contributed by atoms with Crippen LogP contribution in [0.2, 0.25) is 0 Å². The number of primary amides is 1. The molecule has 1 fully saturated rings. The van der Waals surface area contributed by atoms with E-state index in [1.54, 1.807) is 21.3 Å². The van der Waals surface area contributed by atoms with E-state index < -0.39 is 11.0 Å². The third kappa shape index (κ3) is 2.23. The zero-order valence-electron chi connectivity index (χ0n) is 16.5. The van der Waals surface area contributed by atoms with Gasteiger partial charge < -0.3 is 24.8 Å². The summed E-state index contributed by atoms with van der Waals surface area (Å²) in [4.78, 5) is 14.5. The van der Waals surface area contributed by atoms with Gasteiger partial charge in [0.25, 0.3) is 0 Å². The van der Waals surface area contributed by atoms with Gasteiger partial charge in [-0.25, -0.2) is 0 Å². The Morgan fingerprint density at radius 3 is 2.63 bits per heavy atom. The topological polar surface area (TPSA) is 74.0 Å². The Morgan fingerprint density at radius 1 is 1.22 bits per heavy atom. The van der Waals surface area contributed by atoms with Crippen molar-refractivity contribution >= 4 is 5.91 Å². The van der Waals surface area contributed by atoms with Crippen LogP contribution in [0.1, 0.15) is 30.4 Å². The molecule has 0 saturated carbocycles. The number of fused-ring (bicyclic) bond motifs is 1. The molecule has 2 bridgehead atoms. The molecule has 0 radical (unpaired) electrons. The molecule has 6 heteroatoms. The summed E-state index contributed by atoms with van der Waals surface area (Å²) >= 11 is 0. The first-order chi connectivity index (χ1) is 12.9. The SMILES string of the molecule is COc1ccc2c(c1OC)[C@@]13C=C(C(N)=O)CC[C@@]1(OC)[C@@H](C2)N(C)CC3. The Bertz CT molecular complexity index is 821. The molecular weight excluding hydrogens is 344 g/mol. The lowest BCUT2D eigenvalue weighted by molar-refractivity contribution is -0.156. The van der Waals surface area contributed by atoms with Crippen LogP contribution in [0.5, 0.6) is 11.5 Å². The molecule has 146 valence electrons. The van der Waals surface area contributed by atoms with Gasteiger partial charge in [-0.3, -0.25) is 4.79 Å². The van der Waals surface area contributed by atoms with Crippen molar-refractivity contribution in [3.05, 3.63) is 34.9 Å². The van der Waals surface area contributed by atoms with Crippen LogP contribution in [0, 0.1) is 0 Å². The number of carbonyl (C=O) groups excluding carboxylic acids is 1. The first-order valence-electron chi connectivity index (χ1n) is 9.45. The van der Waals surface area contributed by atoms with Crippen molar-refractivity contribution in [1.29, 1.82) is 0 Å². The van der Waals surface area contributed by atoms with Crippen molar-refractivity contribution in [3.63, 3.8) is 0 Å². The summed E-state index contributed by atoms with van der Waals surface area (Å²) in [5.74, 6) is 1.09. The molecule has 2 aliphatic carbocycles. The lowest BCUT2D eigenvalue weighted by Gasteiger charge is -2.63. The van der Waals surface area contributed by atoms with Gasteiger partial charge in [0.15, 0.2) is 11.5 Å². The van der Waals surface area contributed by atoms with Crippen molar-refractivity contribution in [2.24, 2.45) is 5.73 Å². The molecule has 6 nitrogen and oxygen atoms in total. The van der Waals surface area contributed by atoms with E-state index in [1.165, 1.54) is 5.56 Å². The number of nitrogens with two attached hydrogens (primary N) is 1. The molecule has 0 aromatic heterocycles. The molecule has 0 spiro atoms. The maximum absolute atomic E-state index is 12.1. The molecule has 3 atom stereocenters. The summed E-state index contributed by atoms with van der Waals surface area (Å²) in [7, 11) is 7.28. The number of likely N-dealkylation sites (tertiary alicyclic amines) is 1. The predicted octanol–water partition coefficient (Wildman–Crippen LogP) is 1.79. The molecule has 3 aliphatic rings. The number of rotatable bonds is 4. The number of carbonyl (C=O) groups is 1. The van der Waals surface area contributed by atoms with Gasteiger partial charge in [0.05, 0.1) is 19.8 Å². The van der Waals surface area contributed by atoms with E-state index in [1.807, 2.05) is 6.07 Å². The Balaban J connectivity index is 2.08. The van der Waals surface area contributed by atoms with Gasteiger partial charge in [-0.05, 0) is 50.9 Å². The second-order valence-corrected chi connectivity index (χ2v) is 7.88. The summed E-state index contributed by atoms with van der Waals surface area (Å²) in [6.45, 7) is 0.915. The minimum Gasteiger partial charge on any atom is -0.493 e. The number of ether oxygens (including phenoxy) is 3. The molecule has 1 aliphatic heterocycles. The number of likely N-dealkylation sites (N-methyl/N-ethyl adjacent to an activating group) is 1. The fourth-order valence-electron chi connectivity index (χ4n) is 5.83. The van der Waals surface area contributed by atoms with E-state index in [4.69, 9.17) is 19.9 Å². The highest BCUT2D eigenvalue weighted by molar-refractivity contribution is 5.92. The van der Waals surface area contributed by atoms with Crippen molar-refractivity contribution in [1.82, 2.24) is 4.90 Å². The van der Waals surface area contributed by atoms with E-state index in [-0.39, 0.29) is 11.9 Å². The van der Waals surface area contributed by atoms with Crippen molar-refractivity contribution in [2.75, 3.05) is 34.9 Å². The minimum atomic E-state index is -0.463. The fraction of sp³-hybridized carbons (Fsp3) is 0.571. The number of amides is 1. The Kier molecular flexibility index (Phi) is 4.24. The first kappa shape index (κ1) is 18.3. The molecule has 2 N–H and O–H groups in total. The normalized spacial score (nSPS) is 32.1. The van der Waals surface area contributed by atoms with Gasteiger partial charge >= 0.3 is 0 Å². The zero-order chi connectivity index (χ0) is 19.4. The standard InChI is InChI=1S/C21H28N2O4/c1-23-10-9-20-12-14(19(22)24)7-8-21(20,27-4)16(23)11-13-5-6-15(25-2)18(26-3)17(13)20/h5-6,12,16H,7-11H2,1-4H3,(H2,22,24)/t16-,20-,21-/m1/s1. The van der Waals surface area contributed by atoms with Gasteiger partial charge in [0.2, 0.25) is 5.91 Å². The van der Waals surface area contributed by atoms with Crippen LogP contribution in [0.25, 0.3) is 0 Å². The molecule has 4 rings (SSSR count). The maximum atomic E-state index is 12.1. The average molecular weight is 372 g/mol. The highest BCUT2D eigenvalue weighted by atomic mass is 16.5. The van der Waals surface area contributed by atoms with E-state index in [0.29, 0.717) is 17.7 Å². The van der Waals surface area contributed by atoms with Gasteiger partial charge in [0, 0.05) is 29.7 Å². The van der Waals surface area contributed by atoms with Crippen LogP contribution in [0.15, 0.2) is 23.8 Å². The lowest BCUT2D eigenvalue weighted by atomic mass is 9.50. The second-order valence-electron chi connectivity index (χ2n) is 7.88. The van der Waals surface area contributed by atoms with Gasteiger partial charge in [0.1, 0.15) is 0 Å². The van der Waals surface area contributed by atoms with Crippen LogP contribution in [0.4, 0.5) is 0 Å². The van der Waals surface area contributed by atoms with Crippen LogP contribution in [-0.2, 0) is 21.4 Å². The third-order valence-corrected chi connectivity index (χ3v) is 7.04. The number of piperidine rings is 1. The molecule has 1 heterocycles. The maximum Gasteiger partial charge on any atom is 0.244 e. The summed E-state index contributed by atoms with van der Waals surface area (Å²) in [5.41, 5.74) is 7.81. The van der Waals surface area contributed by atoms with E-state index in [9.17, 15) is 4.79 Å². The number of benzene rings is 1. The highest BCUT2D eigenvalue weighted by Gasteiger charge is 2.65. The summed E-state index contributed by atoms with van der Waals surface area (Å²) in [6.07, 6.45) is 5.19. The van der Waals surface area contributed by atoms with Gasteiger partial charge in [-0.15, -0.1) is 0 Å². The van der Waals surface area contributed by atoms with Crippen molar-refractivity contribution in [2.45, 2.75) is 42.7 Å². The molecule has 0 unspecified atom stereocenters. The number of hydrogen-bond acceptors (Lipinski definition) is 5. The summed E-state index contributed by atoms with van der Waals surface area (Å²) in [6, 6.07) is 4.31. The Morgan fingerprint density at radius 2 is 2.00 bits per heavy atom. The van der Waals surface area contributed by atoms with E-state index in [0.717, 1.165) is 37.1 Å². The Labute approximate surface area is 160 Å². The molecule has 1 amide bonds. The summed E-state index contributed by atoms with van der Waals surface area (Å²) in [5, 5.41) is 0. The smallest absolute Gasteiger partial charge is 0.244 e. The lowest BCUT2D eigenvalue weighted by Crippen LogP contribution is -2.72. The van der Waals surface area contributed by atoms with Crippen molar-refractivity contribution in [3.8, 4) is 11.5 Å². The van der Waals surface area contributed by atoms with Gasteiger partial charge in [-0.2, -0.15) is 0 Å². The van der Waals surface area contributed by atoms with Gasteiger partial charge in [-0.1, -0.05) is 12.1 Å². The quantitative estimate of drug-likeness (QED) is 0.872. The molecule has 1 aromatic rings. The van der Waals surface area contributed by atoms with Crippen molar-refractivity contribution < 1.29 is 19.0 Å². The molecule has 1 aromatic carbocycles. The molecule has 1 saturated heterocycles. The van der Waals surface area contributed by atoms with Crippen LogP contribution >= 0.6 is 0 Å². The molecular formula is C21H28N2O4. The van der Waals surface area contributed by atoms with E-state index >= 15 is 0 Å². The largest absolute Gasteiger partial charge is 0.493 e. The number of methoxy groups -OCH3 is 3. The third-order valence-electron chi connectivity index (χ3n) is 7.04. The summed E-state index contributed by atoms with van der Waals surface area (Å²) < 4.78 is 17.8. The molecule has 27 heavy (non-hydrogen) atoms. The van der Waals surface area contributed by atoms with Crippen LogP contribution in [0.3, 0.4) is 0 Å². The van der Waals surface area contributed by atoms with Crippen LogP contribution in [-0.4, -0.2) is 57.4 Å². The van der Waals surface area contributed by atoms with E-state index in [2.05, 4.69) is 24.1 Å². The number of nitrogens with zero attached hydrogens (tertiary/aromatic N) is 1.